The number of fused-ring (bicyclic) bond motifs is 10. The van der Waals surface area contributed by atoms with E-state index in [-0.39, 0.29) is 0 Å². The topological polar surface area (TPSA) is 35.9 Å². The Morgan fingerprint density at radius 2 is 0.917 bits per heavy atom. The lowest BCUT2D eigenvalue weighted by molar-refractivity contribution is 0.670. The first-order valence-corrected chi connectivity index (χ1v) is 17.0. The fourth-order valence-electron chi connectivity index (χ4n) is 7.73. The van der Waals surface area contributed by atoms with Crippen molar-refractivity contribution in [3.05, 3.63) is 152 Å². The van der Waals surface area contributed by atoms with E-state index in [1.54, 1.807) is 11.3 Å². The van der Waals surface area contributed by atoms with Crippen LogP contribution >= 0.6 is 11.3 Å². The largest absolute Gasteiger partial charge is 0.455 e. The Hall–Kier alpha value is -6.17. The Morgan fingerprint density at radius 3 is 1.52 bits per heavy atom. The molecule has 11 aromatic rings. The van der Waals surface area contributed by atoms with Gasteiger partial charge in [-0.2, -0.15) is 0 Å². The lowest BCUT2D eigenvalue weighted by Crippen LogP contribution is -1.99. The zero-order chi connectivity index (χ0) is 31.3. The number of aromatic nitrogens is 3. The van der Waals surface area contributed by atoms with Crippen molar-refractivity contribution in [3.8, 4) is 21.9 Å². The summed E-state index contributed by atoms with van der Waals surface area (Å²) in [6.07, 6.45) is 0. The quantitative estimate of drug-likeness (QED) is 0.194. The molecule has 0 aliphatic heterocycles. The molecule has 48 heavy (non-hydrogen) atoms. The van der Waals surface area contributed by atoms with Gasteiger partial charge in [0.05, 0.1) is 43.7 Å². The molecule has 0 fully saturated rings. The molecule has 4 aromatic heterocycles. The number of rotatable bonds is 3. The van der Waals surface area contributed by atoms with E-state index in [1.807, 2.05) is 12.1 Å². The Balaban J connectivity index is 1.28. The Labute approximate surface area is 278 Å². The van der Waals surface area contributed by atoms with Gasteiger partial charge in [0, 0.05) is 32.3 Å². The number of hydrogen-bond acceptors (Lipinski definition) is 3. The molecule has 5 heteroatoms. The number of thiazole rings is 1. The van der Waals surface area contributed by atoms with Gasteiger partial charge >= 0.3 is 0 Å². The maximum Gasteiger partial charge on any atom is 0.145 e. The van der Waals surface area contributed by atoms with Gasteiger partial charge in [0.1, 0.15) is 21.7 Å². The summed E-state index contributed by atoms with van der Waals surface area (Å²) in [6.45, 7) is 0. The lowest BCUT2D eigenvalue weighted by Gasteiger charge is -2.13. The van der Waals surface area contributed by atoms with Crippen LogP contribution in [0.1, 0.15) is 0 Å². The first-order valence-electron chi connectivity index (χ1n) is 16.1. The molecule has 0 N–H and O–H groups in total. The van der Waals surface area contributed by atoms with Gasteiger partial charge in [0.2, 0.25) is 0 Å². The van der Waals surface area contributed by atoms with Crippen LogP contribution in [0.5, 0.6) is 0 Å². The highest BCUT2D eigenvalue weighted by molar-refractivity contribution is 7.22. The molecule has 4 heterocycles. The fourth-order valence-corrected chi connectivity index (χ4v) is 8.84. The molecule has 0 radical (unpaired) electrons. The molecule has 11 rings (SSSR count). The maximum absolute atomic E-state index is 6.53. The van der Waals surface area contributed by atoms with E-state index in [2.05, 4.69) is 149 Å². The van der Waals surface area contributed by atoms with E-state index in [1.165, 1.54) is 43.6 Å². The molecule has 7 aromatic carbocycles. The van der Waals surface area contributed by atoms with Gasteiger partial charge in [0.25, 0.3) is 0 Å². The van der Waals surface area contributed by atoms with Crippen LogP contribution in [-0.2, 0) is 0 Å². The maximum atomic E-state index is 6.53. The minimum Gasteiger partial charge on any atom is -0.455 e. The fraction of sp³-hybridized carbons (Fsp3) is 0. The Bertz CT molecular complexity index is 2820. The van der Waals surface area contributed by atoms with Crippen LogP contribution in [0.4, 0.5) is 0 Å². The SMILES string of the molecule is c1ccc2c(c1)oc1c(-c3nc4c(-n5c6ccccc6c6ccccc65)ccc(-n5c6ccccc6c6ccccc65)c4s3)cccc12. The number of nitrogens with zero attached hydrogens (tertiary/aromatic N) is 3. The highest BCUT2D eigenvalue weighted by Crippen LogP contribution is 2.44. The van der Waals surface area contributed by atoms with Crippen molar-refractivity contribution in [2.24, 2.45) is 0 Å². The van der Waals surface area contributed by atoms with E-state index in [9.17, 15) is 0 Å². The summed E-state index contributed by atoms with van der Waals surface area (Å²) in [5.41, 5.74) is 10.6. The summed E-state index contributed by atoms with van der Waals surface area (Å²) in [5.74, 6) is 0. The second-order valence-corrected chi connectivity index (χ2v) is 13.3. The highest BCUT2D eigenvalue weighted by Gasteiger charge is 2.23. The molecule has 0 spiro atoms. The van der Waals surface area contributed by atoms with Crippen molar-refractivity contribution < 1.29 is 4.42 Å². The van der Waals surface area contributed by atoms with E-state index in [0.29, 0.717) is 0 Å². The number of furan rings is 1. The van der Waals surface area contributed by atoms with Crippen LogP contribution in [0.3, 0.4) is 0 Å². The van der Waals surface area contributed by atoms with Crippen molar-refractivity contribution >= 4 is 87.1 Å². The van der Waals surface area contributed by atoms with Gasteiger partial charge in [-0.15, -0.1) is 11.3 Å². The van der Waals surface area contributed by atoms with Crippen molar-refractivity contribution in [2.45, 2.75) is 0 Å². The highest BCUT2D eigenvalue weighted by atomic mass is 32.1. The number of benzene rings is 7. The van der Waals surface area contributed by atoms with Crippen molar-refractivity contribution in [3.63, 3.8) is 0 Å². The molecule has 0 aliphatic rings. The standard InChI is InChI=1S/C43H25N3OS/c1-6-19-33-26(12-1)27-13-2-7-20-34(27)45(33)37-24-25-38(46-35-21-8-3-14-28(35)29-15-4-9-22-36(29)46)42-40(37)44-43(48-42)32-18-11-17-31-30-16-5-10-23-39(30)47-41(31)32/h1-25H. The van der Waals surface area contributed by atoms with Crippen LogP contribution in [0.2, 0.25) is 0 Å². The van der Waals surface area contributed by atoms with Crippen LogP contribution in [0.15, 0.2) is 156 Å². The second-order valence-electron chi connectivity index (χ2n) is 12.3. The predicted molar refractivity (Wildman–Crippen MR) is 201 cm³/mol. The molecule has 0 unspecified atom stereocenters. The first-order chi connectivity index (χ1) is 23.8. The first kappa shape index (κ1) is 26.0. The molecule has 0 aliphatic carbocycles. The zero-order valence-electron chi connectivity index (χ0n) is 25.6. The average molecular weight is 632 g/mol. The van der Waals surface area contributed by atoms with Crippen LogP contribution in [0.25, 0.3) is 97.7 Å². The summed E-state index contributed by atoms with van der Waals surface area (Å²) in [5, 5.41) is 8.10. The van der Waals surface area contributed by atoms with Crippen molar-refractivity contribution in [1.82, 2.24) is 14.1 Å². The predicted octanol–water partition coefficient (Wildman–Crippen LogP) is 12.1. The van der Waals surface area contributed by atoms with E-state index in [4.69, 9.17) is 9.40 Å². The summed E-state index contributed by atoms with van der Waals surface area (Å²) < 4.78 is 12.4. The Kier molecular flexibility index (Phi) is 5.23. The number of para-hydroxylation sites is 6. The second kappa shape index (κ2) is 9.67. The average Bonchev–Trinajstić information content (AvgIpc) is 3.91. The molecule has 0 amide bonds. The lowest BCUT2D eigenvalue weighted by atomic mass is 10.1. The molecular weight excluding hydrogens is 607 g/mol. The molecular formula is C43H25N3OS. The van der Waals surface area contributed by atoms with Crippen molar-refractivity contribution in [2.75, 3.05) is 0 Å². The van der Waals surface area contributed by atoms with E-state index >= 15 is 0 Å². The van der Waals surface area contributed by atoms with Gasteiger partial charge in [-0.1, -0.05) is 103 Å². The summed E-state index contributed by atoms with van der Waals surface area (Å²) in [6, 6.07) is 53.9. The molecule has 0 atom stereocenters. The minimum absolute atomic E-state index is 0.870. The van der Waals surface area contributed by atoms with Gasteiger partial charge in [0.15, 0.2) is 0 Å². The zero-order valence-corrected chi connectivity index (χ0v) is 26.4. The number of hydrogen-bond donors (Lipinski definition) is 0. The monoisotopic (exact) mass is 631 g/mol. The van der Waals surface area contributed by atoms with Crippen molar-refractivity contribution in [1.29, 1.82) is 0 Å². The van der Waals surface area contributed by atoms with Crippen LogP contribution in [0, 0.1) is 0 Å². The summed E-state index contributed by atoms with van der Waals surface area (Å²) in [4.78, 5) is 5.53. The smallest absolute Gasteiger partial charge is 0.145 e. The molecule has 4 nitrogen and oxygen atoms in total. The molecule has 0 bridgehead atoms. The van der Waals surface area contributed by atoms with Crippen LogP contribution < -0.4 is 0 Å². The molecule has 0 saturated heterocycles. The van der Waals surface area contributed by atoms with E-state index < -0.39 is 0 Å². The third-order valence-corrected chi connectivity index (χ3v) is 10.9. The minimum atomic E-state index is 0.870. The van der Waals surface area contributed by atoms with Gasteiger partial charge in [-0.25, -0.2) is 4.98 Å². The Morgan fingerprint density at radius 1 is 0.438 bits per heavy atom. The summed E-state index contributed by atoms with van der Waals surface area (Å²) >= 11 is 1.73. The van der Waals surface area contributed by atoms with Gasteiger partial charge < -0.3 is 13.6 Å². The molecule has 0 saturated carbocycles. The molecule has 224 valence electrons. The van der Waals surface area contributed by atoms with Crippen LogP contribution in [-0.4, -0.2) is 14.1 Å². The van der Waals surface area contributed by atoms with Gasteiger partial charge in [-0.05, 0) is 48.5 Å². The normalized spacial score (nSPS) is 12.2. The third kappa shape index (κ3) is 3.46. The summed E-state index contributed by atoms with van der Waals surface area (Å²) in [7, 11) is 0. The van der Waals surface area contributed by atoms with Gasteiger partial charge in [-0.3, -0.25) is 0 Å². The van der Waals surface area contributed by atoms with E-state index in [0.717, 1.165) is 54.1 Å². The third-order valence-electron chi connectivity index (χ3n) is 9.78.